The van der Waals surface area contributed by atoms with E-state index in [4.69, 9.17) is 4.65 Å². The van der Waals surface area contributed by atoms with Gasteiger partial charge >= 0.3 is 12.9 Å². The standard InChI is InChI=1S/C15H16BF2N3O/c1-15(2,3)14-20-13-9-19-12(11-7-5-4-6-8-11)10-21(13)16(17,18)22-14/h4-10H,1-3H3. The number of hydrogen-bond donors (Lipinski definition) is 0. The first-order valence-corrected chi connectivity index (χ1v) is 7.03. The van der Waals surface area contributed by atoms with Gasteiger partial charge in [-0.3, -0.25) is 0 Å². The molecule has 0 spiro atoms. The van der Waals surface area contributed by atoms with Gasteiger partial charge in [0.1, 0.15) is 11.9 Å². The molecular formula is C15H16BF2N3O. The SMILES string of the molecule is CC(C)(C)C1=Nc2cnc(-c3ccccc3)c[n+]2[B-](F)(F)O1. The molecule has 3 rings (SSSR count). The summed E-state index contributed by atoms with van der Waals surface area (Å²) in [6.45, 7) is 5.33. The number of fused-ring (bicyclic) bond motifs is 1. The second kappa shape index (κ2) is 4.86. The summed E-state index contributed by atoms with van der Waals surface area (Å²) in [6, 6.07) is 9.14. The molecule has 0 amide bonds. The van der Waals surface area contributed by atoms with Gasteiger partial charge in [-0.25, -0.2) is 4.98 Å². The van der Waals surface area contributed by atoms with Crippen LogP contribution in [-0.4, -0.2) is 17.9 Å². The number of halogens is 2. The van der Waals surface area contributed by atoms with Crippen LogP contribution in [0.3, 0.4) is 0 Å². The van der Waals surface area contributed by atoms with E-state index in [9.17, 15) is 8.63 Å². The average molecular weight is 303 g/mol. The van der Waals surface area contributed by atoms with Crippen LogP contribution in [0.4, 0.5) is 14.4 Å². The van der Waals surface area contributed by atoms with Crippen LogP contribution in [0.5, 0.6) is 0 Å². The summed E-state index contributed by atoms with van der Waals surface area (Å²) in [5, 5.41) is 0. The Hall–Kier alpha value is -2.31. The smallest absolute Gasteiger partial charge is 0.593 e. The molecule has 0 N–H and O–H groups in total. The molecule has 1 aromatic carbocycles. The first kappa shape index (κ1) is 14.6. The number of hydrogen-bond acceptors (Lipinski definition) is 3. The van der Waals surface area contributed by atoms with Crippen molar-refractivity contribution in [2.24, 2.45) is 10.4 Å². The Morgan fingerprint density at radius 3 is 2.45 bits per heavy atom. The van der Waals surface area contributed by atoms with Gasteiger partial charge in [0.2, 0.25) is 0 Å². The van der Waals surface area contributed by atoms with Crippen LogP contribution in [0.1, 0.15) is 20.8 Å². The summed E-state index contributed by atoms with van der Waals surface area (Å²) in [7, 11) is -4.22. The zero-order chi connectivity index (χ0) is 16.0. The van der Waals surface area contributed by atoms with Crippen molar-refractivity contribution in [1.82, 2.24) is 4.98 Å². The molecule has 0 saturated carbocycles. The molecule has 7 heteroatoms. The minimum atomic E-state index is -4.22. The second-order valence-electron chi connectivity index (χ2n) is 6.25. The molecule has 0 unspecified atom stereocenters. The normalized spacial score (nSPS) is 16.5. The molecule has 0 aliphatic carbocycles. The molecule has 0 atom stereocenters. The van der Waals surface area contributed by atoms with Crippen LogP contribution >= 0.6 is 0 Å². The molecule has 2 aromatic rings. The Morgan fingerprint density at radius 2 is 1.82 bits per heavy atom. The molecule has 1 aliphatic rings. The molecule has 4 nitrogen and oxygen atoms in total. The Kier molecular flexibility index (Phi) is 3.23. The summed E-state index contributed by atoms with van der Waals surface area (Å²) in [4.78, 5) is 8.42. The highest BCUT2D eigenvalue weighted by atomic mass is 19.3. The van der Waals surface area contributed by atoms with Gasteiger partial charge in [0.25, 0.3) is 5.90 Å². The summed E-state index contributed by atoms with van der Waals surface area (Å²) < 4.78 is 34.4. The predicted octanol–water partition coefficient (Wildman–Crippen LogP) is 3.37. The van der Waals surface area contributed by atoms with Crippen molar-refractivity contribution in [3.05, 3.63) is 42.7 Å². The molecule has 0 fully saturated rings. The summed E-state index contributed by atoms with van der Waals surface area (Å²) >= 11 is 0. The number of nitrogens with zero attached hydrogens (tertiary/aromatic N) is 3. The fraction of sp³-hybridized carbons (Fsp3) is 0.267. The van der Waals surface area contributed by atoms with Gasteiger partial charge in [-0.15, -0.1) is 0 Å². The fourth-order valence-electron chi connectivity index (χ4n) is 2.18. The Balaban J connectivity index is 2.12. The molecule has 22 heavy (non-hydrogen) atoms. The van der Waals surface area contributed by atoms with Crippen molar-refractivity contribution in [3.63, 3.8) is 0 Å². The van der Waals surface area contributed by atoms with Crippen molar-refractivity contribution >= 4 is 18.8 Å². The zero-order valence-corrected chi connectivity index (χ0v) is 12.6. The van der Waals surface area contributed by atoms with Crippen molar-refractivity contribution in [2.75, 3.05) is 0 Å². The minimum absolute atomic E-state index is 0.0201. The highest BCUT2D eigenvalue weighted by molar-refractivity contribution is 6.52. The predicted molar refractivity (Wildman–Crippen MR) is 80.9 cm³/mol. The van der Waals surface area contributed by atoms with E-state index < -0.39 is 12.5 Å². The van der Waals surface area contributed by atoms with Gasteiger partial charge in [-0.2, -0.15) is 0 Å². The van der Waals surface area contributed by atoms with Crippen LogP contribution in [0, 0.1) is 5.41 Å². The molecule has 0 radical (unpaired) electrons. The maximum atomic E-state index is 14.4. The third-order valence-corrected chi connectivity index (χ3v) is 3.35. The van der Waals surface area contributed by atoms with Crippen molar-refractivity contribution < 1.29 is 17.8 Å². The molecule has 0 bridgehead atoms. The zero-order valence-electron chi connectivity index (χ0n) is 12.6. The minimum Gasteiger partial charge on any atom is -0.593 e. The van der Waals surface area contributed by atoms with E-state index in [0.717, 1.165) is 10.0 Å². The molecular weight excluding hydrogens is 287 g/mol. The lowest BCUT2D eigenvalue weighted by Crippen LogP contribution is -2.64. The number of aromatic nitrogens is 2. The number of aliphatic imine (C=N–C) groups is 1. The van der Waals surface area contributed by atoms with Gasteiger partial charge in [-0.05, 0) is 25.8 Å². The van der Waals surface area contributed by atoms with Crippen molar-refractivity contribution in [3.8, 4) is 11.3 Å². The lowest BCUT2D eigenvalue weighted by atomic mass is 9.93. The van der Waals surface area contributed by atoms with Crippen LogP contribution in [0.15, 0.2) is 47.7 Å². The van der Waals surface area contributed by atoms with Crippen LogP contribution in [-0.2, 0) is 4.65 Å². The third-order valence-electron chi connectivity index (χ3n) is 3.35. The maximum absolute atomic E-state index is 14.4. The quantitative estimate of drug-likeness (QED) is 0.758. The lowest BCUT2D eigenvalue weighted by molar-refractivity contribution is -0.568. The van der Waals surface area contributed by atoms with Crippen molar-refractivity contribution in [2.45, 2.75) is 20.8 Å². The van der Waals surface area contributed by atoms with E-state index in [0.29, 0.717) is 5.69 Å². The topological polar surface area (TPSA) is 38.4 Å². The average Bonchev–Trinajstić information content (AvgIpc) is 2.46. The van der Waals surface area contributed by atoms with Crippen LogP contribution in [0.25, 0.3) is 11.3 Å². The van der Waals surface area contributed by atoms with E-state index in [1.807, 2.05) is 30.3 Å². The summed E-state index contributed by atoms with van der Waals surface area (Å²) in [6.07, 6.45) is 2.64. The Morgan fingerprint density at radius 1 is 1.14 bits per heavy atom. The van der Waals surface area contributed by atoms with E-state index in [-0.39, 0.29) is 11.7 Å². The van der Waals surface area contributed by atoms with Crippen LogP contribution < -0.4 is 4.48 Å². The first-order chi connectivity index (χ1) is 10.3. The van der Waals surface area contributed by atoms with Crippen molar-refractivity contribution in [1.29, 1.82) is 0 Å². The van der Waals surface area contributed by atoms with Gasteiger partial charge in [-0.1, -0.05) is 30.3 Å². The summed E-state index contributed by atoms with van der Waals surface area (Å²) in [5.41, 5.74) is 0.612. The van der Waals surface area contributed by atoms with E-state index in [2.05, 4.69) is 9.98 Å². The van der Waals surface area contributed by atoms with E-state index in [1.54, 1.807) is 20.8 Å². The number of rotatable bonds is 1. The molecule has 2 heterocycles. The van der Waals surface area contributed by atoms with Crippen LogP contribution in [0.2, 0.25) is 0 Å². The number of benzene rings is 1. The van der Waals surface area contributed by atoms with Gasteiger partial charge in [0.05, 0.1) is 11.6 Å². The monoisotopic (exact) mass is 303 g/mol. The lowest BCUT2D eigenvalue weighted by Gasteiger charge is -2.31. The molecule has 1 aliphatic heterocycles. The second-order valence-corrected chi connectivity index (χ2v) is 6.25. The third kappa shape index (κ3) is 2.58. The van der Waals surface area contributed by atoms with Gasteiger partial charge in [0.15, 0.2) is 0 Å². The van der Waals surface area contributed by atoms with E-state index in [1.165, 1.54) is 12.4 Å². The Labute approximate surface area is 127 Å². The summed E-state index contributed by atoms with van der Waals surface area (Å²) in [5.74, 6) is 0.118. The largest absolute Gasteiger partial charge is 0.736 e. The van der Waals surface area contributed by atoms with Gasteiger partial charge < -0.3 is 17.8 Å². The first-order valence-electron chi connectivity index (χ1n) is 7.03. The van der Waals surface area contributed by atoms with Gasteiger partial charge in [0, 0.05) is 5.56 Å². The molecule has 1 aromatic heterocycles. The highest BCUT2D eigenvalue weighted by Gasteiger charge is 2.48. The molecule has 114 valence electrons. The maximum Gasteiger partial charge on any atom is 0.736 e. The van der Waals surface area contributed by atoms with E-state index >= 15 is 0 Å². The highest BCUT2D eigenvalue weighted by Crippen LogP contribution is 2.28. The Bertz CT molecular complexity index is 742. The fourth-order valence-corrected chi connectivity index (χ4v) is 2.18. The molecule has 0 saturated heterocycles.